The van der Waals surface area contributed by atoms with Crippen molar-refractivity contribution in [2.75, 3.05) is 5.32 Å². The summed E-state index contributed by atoms with van der Waals surface area (Å²) in [4.78, 5) is 23.6. The van der Waals surface area contributed by atoms with Crippen molar-refractivity contribution in [3.8, 4) is 0 Å². The summed E-state index contributed by atoms with van der Waals surface area (Å²) < 4.78 is 52.6. The Hall–Kier alpha value is -2.65. The largest absolute Gasteiger partial charge is 0.423 e. The number of nitrogens with zero attached hydrogens (tertiary/aromatic N) is 3. The molecule has 0 radical (unpaired) electrons. The highest BCUT2D eigenvalue weighted by atomic mass is 19.4. The summed E-state index contributed by atoms with van der Waals surface area (Å²) in [7, 11) is 1.49. The average Bonchev–Trinajstić information content (AvgIpc) is 2.73. The van der Waals surface area contributed by atoms with Crippen LogP contribution in [0.2, 0.25) is 0 Å². The van der Waals surface area contributed by atoms with Gasteiger partial charge in [0.05, 0.1) is 0 Å². The highest BCUT2D eigenvalue weighted by molar-refractivity contribution is 5.90. The molecule has 1 amide bonds. The summed E-state index contributed by atoms with van der Waals surface area (Å²) in [6.07, 6.45) is -8.17. The summed E-state index contributed by atoms with van der Waals surface area (Å²) >= 11 is 0. The first-order valence-electron chi connectivity index (χ1n) is 6.80. The number of alkyl halides is 4. The molecule has 0 fully saturated rings. The van der Waals surface area contributed by atoms with Gasteiger partial charge in [-0.15, -0.1) is 0 Å². The van der Waals surface area contributed by atoms with Crippen LogP contribution in [0.1, 0.15) is 17.6 Å². The first-order chi connectivity index (χ1) is 11.1. The minimum Gasteiger partial charge on any atom is -0.324 e. The van der Waals surface area contributed by atoms with E-state index in [1.54, 1.807) is 6.92 Å². The van der Waals surface area contributed by atoms with Crippen LogP contribution in [-0.4, -0.2) is 26.4 Å². The Morgan fingerprint density at radius 1 is 1.38 bits per heavy atom. The van der Waals surface area contributed by atoms with E-state index in [9.17, 15) is 27.2 Å². The van der Waals surface area contributed by atoms with Crippen molar-refractivity contribution in [1.29, 1.82) is 0 Å². The van der Waals surface area contributed by atoms with Gasteiger partial charge >= 0.3 is 11.9 Å². The van der Waals surface area contributed by atoms with Gasteiger partial charge in [0.25, 0.3) is 0 Å². The molecule has 0 aliphatic carbocycles. The van der Waals surface area contributed by atoms with Crippen LogP contribution < -0.4 is 11.0 Å². The molecule has 0 bridgehead atoms. The van der Waals surface area contributed by atoms with E-state index in [0.29, 0.717) is 5.82 Å². The molecule has 0 aliphatic rings. The molecule has 6 nitrogen and oxygen atoms in total. The fraction of sp³-hybridized carbons (Fsp3) is 0.357. The van der Waals surface area contributed by atoms with Gasteiger partial charge in [0.2, 0.25) is 12.1 Å². The Balaban J connectivity index is 2.12. The summed E-state index contributed by atoms with van der Waals surface area (Å²) in [6, 6.07) is 4.38. The maximum atomic E-state index is 13.3. The van der Waals surface area contributed by atoms with Gasteiger partial charge in [-0.1, -0.05) is 12.1 Å². The Kier molecular flexibility index (Phi) is 4.76. The molecule has 0 spiro atoms. The second-order valence-electron chi connectivity index (χ2n) is 5.12. The van der Waals surface area contributed by atoms with Crippen molar-refractivity contribution in [3.05, 3.63) is 46.1 Å². The Morgan fingerprint density at radius 3 is 2.58 bits per heavy atom. The van der Waals surface area contributed by atoms with Gasteiger partial charge in [0, 0.05) is 12.7 Å². The number of hydrogen-bond donors (Lipinski definition) is 1. The van der Waals surface area contributed by atoms with E-state index in [4.69, 9.17) is 0 Å². The number of rotatable bonds is 4. The average molecular weight is 346 g/mol. The Bertz CT molecular complexity index is 810. The molecule has 2 aromatic rings. The molecular formula is C14H14F4N4O2. The quantitative estimate of drug-likeness (QED) is 0.862. The number of anilines is 1. The number of amides is 1. The smallest absolute Gasteiger partial charge is 0.324 e. The highest BCUT2D eigenvalue weighted by Gasteiger charge is 2.41. The SMILES string of the molecule is Cc1nn(CC(=O)Nc2cccc([C@@H](F)C(F)(F)F)c2)c(=O)n1C. The monoisotopic (exact) mass is 346 g/mol. The molecule has 2 rings (SSSR count). The zero-order valence-electron chi connectivity index (χ0n) is 12.8. The van der Waals surface area contributed by atoms with Crippen LogP contribution >= 0.6 is 0 Å². The predicted molar refractivity (Wildman–Crippen MR) is 77.2 cm³/mol. The van der Waals surface area contributed by atoms with E-state index >= 15 is 0 Å². The minimum absolute atomic E-state index is 0.00916. The molecule has 0 unspecified atom stereocenters. The number of hydrogen-bond acceptors (Lipinski definition) is 3. The van der Waals surface area contributed by atoms with E-state index < -0.39 is 36.1 Å². The first-order valence-corrected chi connectivity index (χ1v) is 6.80. The lowest BCUT2D eigenvalue weighted by Crippen LogP contribution is -2.29. The minimum atomic E-state index is -5.03. The van der Waals surface area contributed by atoms with Crippen LogP contribution in [0, 0.1) is 6.92 Å². The zero-order valence-corrected chi connectivity index (χ0v) is 12.8. The van der Waals surface area contributed by atoms with Gasteiger partial charge in [-0.2, -0.15) is 18.3 Å². The molecular weight excluding hydrogens is 332 g/mol. The molecule has 10 heteroatoms. The van der Waals surface area contributed by atoms with Gasteiger partial charge in [0.15, 0.2) is 0 Å². The summed E-state index contributed by atoms with van der Waals surface area (Å²) in [5.41, 5.74) is -1.13. The van der Waals surface area contributed by atoms with Crippen molar-refractivity contribution in [1.82, 2.24) is 14.3 Å². The fourth-order valence-corrected chi connectivity index (χ4v) is 2.00. The van der Waals surface area contributed by atoms with Gasteiger partial charge < -0.3 is 5.32 Å². The van der Waals surface area contributed by atoms with Crippen molar-refractivity contribution in [3.63, 3.8) is 0 Å². The summed E-state index contributed by atoms with van der Waals surface area (Å²) in [5.74, 6) is -0.269. The van der Waals surface area contributed by atoms with E-state index in [1.165, 1.54) is 23.7 Å². The number of aryl methyl sites for hydroxylation is 1. The lowest BCUT2D eigenvalue weighted by molar-refractivity contribution is -0.182. The fourth-order valence-electron chi connectivity index (χ4n) is 2.00. The van der Waals surface area contributed by atoms with Crippen LogP contribution in [0.5, 0.6) is 0 Å². The van der Waals surface area contributed by atoms with Crippen molar-refractivity contribution < 1.29 is 22.4 Å². The van der Waals surface area contributed by atoms with Gasteiger partial charge in [-0.25, -0.2) is 13.9 Å². The highest BCUT2D eigenvalue weighted by Crippen LogP contribution is 2.36. The number of carbonyl (C=O) groups is 1. The molecule has 1 atom stereocenters. The van der Waals surface area contributed by atoms with Crippen molar-refractivity contribution in [2.45, 2.75) is 25.8 Å². The van der Waals surface area contributed by atoms with E-state index in [1.807, 2.05) is 0 Å². The third-order valence-corrected chi connectivity index (χ3v) is 3.30. The second-order valence-corrected chi connectivity index (χ2v) is 5.12. The van der Waals surface area contributed by atoms with Crippen LogP contribution in [0.25, 0.3) is 0 Å². The molecule has 24 heavy (non-hydrogen) atoms. The molecule has 0 aliphatic heterocycles. The second kappa shape index (κ2) is 6.46. The molecule has 1 aromatic carbocycles. The van der Waals surface area contributed by atoms with Crippen LogP contribution in [0.15, 0.2) is 29.1 Å². The molecule has 1 heterocycles. The van der Waals surface area contributed by atoms with Crippen LogP contribution in [0.3, 0.4) is 0 Å². The zero-order chi connectivity index (χ0) is 18.1. The molecule has 1 aromatic heterocycles. The third kappa shape index (κ3) is 3.81. The van der Waals surface area contributed by atoms with E-state index in [2.05, 4.69) is 10.4 Å². The summed E-state index contributed by atoms with van der Waals surface area (Å²) in [6.45, 7) is 1.17. The topological polar surface area (TPSA) is 68.9 Å². The molecule has 0 saturated heterocycles. The van der Waals surface area contributed by atoms with Crippen LogP contribution in [0.4, 0.5) is 23.2 Å². The standard InChI is InChI=1S/C14H14F4N4O2/c1-8-20-22(13(24)21(8)2)7-11(23)19-10-5-3-4-9(6-10)12(15)14(16,17)18/h3-6,12H,7H2,1-2H3,(H,19,23)/t12-/m1/s1. The van der Waals surface area contributed by atoms with E-state index in [0.717, 1.165) is 16.8 Å². The number of nitrogens with one attached hydrogen (secondary N) is 1. The molecule has 130 valence electrons. The molecule has 0 saturated carbocycles. The van der Waals surface area contributed by atoms with Gasteiger partial charge in [-0.05, 0) is 24.6 Å². The van der Waals surface area contributed by atoms with Crippen molar-refractivity contribution in [2.24, 2.45) is 7.05 Å². The van der Waals surface area contributed by atoms with Gasteiger partial charge in [-0.3, -0.25) is 9.36 Å². The van der Waals surface area contributed by atoms with Gasteiger partial charge in [0.1, 0.15) is 12.4 Å². The molecule has 1 N–H and O–H groups in total. The number of aromatic nitrogens is 3. The third-order valence-electron chi connectivity index (χ3n) is 3.30. The number of halogens is 4. The maximum Gasteiger partial charge on any atom is 0.423 e. The number of carbonyl (C=O) groups excluding carboxylic acids is 1. The normalized spacial score (nSPS) is 12.9. The van der Waals surface area contributed by atoms with Crippen molar-refractivity contribution >= 4 is 11.6 Å². The Labute approximate surface area is 133 Å². The van der Waals surface area contributed by atoms with E-state index in [-0.39, 0.29) is 5.69 Å². The lowest BCUT2D eigenvalue weighted by atomic mass is 10.1. The lowest BCUT2D eigenvalue weighted by Gasteiger charge is -2.13. The maximum absolute atomic E-state index is 13.3. The summed E-state index contributed by atoms with van der Waals surface area (Å²) in [5, 5.41) is 6.18. The first kappa shape index (κ1) is 17.7. The Morgan fingerprint density at radius 2 is 2.04 bits per heavy atom. The number of benzene rings is 1. The van der Waals surface area contributed by atoms with Crippen LogP contribution in [-0.2, 0) is 18.4 Å². The predicted octanol–water partition coefficient (Wildman–Crippen LogP) is 2.10.